The molecule has 9 nitrogen and oxygen atoms in total. The summed E-state index contributed by atoms with van der Waals surface area (Å²) in [5.41, 5.74) is 4.96. The van der Waals surface area contributed by atoms with Gasteiger partial charge < -0.3 is 19.8 Å². The van der Waals surface area contributed by atoms with Crippen molar-refractivity contribution in [2.45, 2.75) is 56.9 Å². The molecule has 3 aromatic rings. The topological polar surface area (TPSA) is 99.8 Å². The fourth-order valence-electron chi connectivity index (χ4n) is 7.42. The third-order valence-corrected chi connectivity index (χ3v) is 9.42. The zero-order valence-electron chi connectivity index (χ0n) is 23.2. The average molecular weight is 550 g/mol. The van der Waals surface area contributed by atoms with E-state index in [-0.39, 0.29) is 37.1 Å². The van der Waals surface area contributed by atoms with E-state index in [4.69, 9.17) is 9.97 Å². The lowest BCUT2D eigenvalue weighted by Crippen LogP contribution is -2.55. The molecule has 7 rings (SSSR count). The summed E-state index contributed by atoms with van der Waals surface area (Å²) in [6.07, 6.45) is 4.50. The summed E-state index contributed by atoms with van der Waals surface area (Å²) in [5.74, 6) is 1.44. The van der Waals surface area contributed by atoms with Crippen molar-refractivity contribution in [1.29, 1.82) is 5.26 Å². The number of aliphatic hydroxyl groups is 1. The van der Waals surface area contributed by atoms with Gasteiger partial charge in [-0.15, -0.1) is 0 Å². The molecule has 3 atom stereocenters. The third-order valence-electron chi connectivity index (χ3n) is 9.42. The van der Waals surface area contributed by atoms with Crippen LogP contribution in [-0.4, -0.2) is 75.7 Å². The predicted molar refractivity (Wildman–Crippen MR) is 157 cm³/mol. The second kappa shape index (κ2) is 10.4. The number of nitrogens with zero attached hydrogens (tertiary/aromatic N) is 7. The maximum atomic E-state index is 12.6. The van der Waals surface area contributed by atoms with Crippen LogP contribution in [0.25, 0.3) is 10.8 Å². The van der Waals surface area contributed by atoms with Gasteiger partial charge in [0.1, 0.15) is 5.82 Å². The molecule has 4 aliphatic rings. The van der Waals surface area contributed by atoms with E-state index in [1.165, 1.54) is 28.0 Å². The summed E-state index contributed by atoms with van der Waals surface area (Å²) >= 11 is 0. The zero-order chi connectivity index (χ0) is 28.1. The highest BCUT2D eigenvalue weighted by molar-refractivity contribution is 5.91. The summed E-state index contributed by atoms with van der Waals surface area (Å²) in [4.78, 5) is 31.5. The smallest absolute Gasteiger partial charge is 0.246 e. The van der Waals surface area contributed by atoms with E-state index in [2.05, 4.69) is 63.7 Å². The van der Waals surface area contributed by atoms with Crippen molar-refractivity contribution in [2.75, 3.05) is 42.6 Å². The molecule has 0 bridgehead atoms. The van der Waals surface area contributed by atoms with Gasteiger partial charge in [-0.25, -0.2) is 4.98 Å². The van der Waals surface area contributed by atoms with Crippen LogP contribution in [0, 0.1) is 11.3 Å². The molecule has 3 aliphatic heterocycles. The van der Waals surface area contributed by atoms with Gasteiger partial charge in [0.05, 0.1) is 36.9 Å². The van der Waals surface area contributed by atoms with E-state index in [1.807, 2.05) is 0 Å². The maximum Gasteiger partial charge on any atom is 0.246 e. The minimum absolute atomic E-state index is 0.0220. The van der Waals surface area contributed by atoms with Crippen LogP contribution in [0.15, 0.2) is 49.1 Å². The molecule has 1 aromatic heterocycles. The van der Waals surface area contributed by atoms with Gasteiger partial charge in [-0.1, -0.05) is 43.0 Å². The summed E-state index contributed by atoms with van der Waals surface area (Å²) < 4.78 is 0. The molecular weight excluding hydrogens is 514 g/mol. The fourth-order valence-corrected chi connectivity index (χ4v) is 7.42. The van der Waals surface area contributed by atoms with Crippen molar-refractivity contribution in [1.82, 2.24) is 19.8 Å². The van der Waals surface area contributed by atoms with Gasteiger partial charge in [-0.2, -0.15) is 10.2 Å². The van der Waals surface area contributed by atoms with E-state index in [0.29, 0.717) is 25.6 Å². The second-order valence-corrected chi connectivity index (χ2v) is 11.6. The Kier molecular flexibility index (Phi) is 6.60. The quantitative estimate of drug-likeness (QED) is 0.468. The monoisotopic (exact) mass is 549 g/mol. The van der Waals surface area contributed by atoms with Crippen LogP contribution in [-0.2, 0) is 24.3 Å². The van der Waals surface area contributed by atoms with Crippen molar-refractivity contribution in [3.63, 3.8) is 0 Å². The largest absolute Gasteiger partial charge is 0.394 e. The molecule has 1 unspecified atom stereocenters. The first-order valence-corrected chi connectivity index (χ1v) is 14.7. The molecule has 4 heterocycles. The van der Waals surface area contributed by atoms with Crippen LogP contribution >= 0.6 is 0 Å². The van der Waals surface area contributed by atoms with Crippen LogP contribution in [0.4, 0.5) is 11.8 Å². The first kappa shape index (κ1) is 25.9. The Balaban J connectivity index is 1.25. The van der Waals surface area contributed by atoms with Crippen molar-refractivity contribution in [3.05, 3.63) is 71.4 Å². The number of amides is 1. The number of aromatic nitrogens is 2. The second-order valence-electron chi connectivity index (χ2n) is 11.6. The van der Waals surface area contributed by atoms with Gasteiger partial charge in [0.25, 0.3) is 0 Å². The number of hydrogen-bond acceptors (Lipinski definition) is 8. The highest BCUT2D eigenvalue weighted by atomic mass is 16.3. The van der Waals surface area contributed by atoms with Gasteiger partial charge in [-0.05, 0) is 47.2 Å². The maximum absolute atomic E-state index is 12.6. The third kappa shape index (κ3) is 4.33. The summed E-state index contributed by atoms with van der Waals surface area (Å²) in [6, 6.07) is 15.6. The Morgan fingerprint density at radius 3 is 2.78 bits per heavy atom. The van der Waals surface area contributed by atoms with Gasteiger partial charge in [0.15, 0.2) is 0 Å². The zero-order valence-corrected chi connectivity index (χ0v) is 23.2. The number of carbonyl (C=O) groups excluding carboxylic acids is 1. The number of aliphatic hydroxyl groups excluding tert-OH is 1. The van der Waals surface area contributed by atoms with Crippen molar-refractivity contribution >= 4 is 28.4 Å². The Morgan fingerprint density at radius 1 is 1.12 bits per heavy atom. The Hall–Kier alpha value is -4.00. The molecule has 41 heavy (non-hydrogen) atoms. The van der Waals surface area contributed by atoms with E-state index in [1.54, 1.807) is 4.90 Å². The molecule has 9 heteroatoms. The Labute approximate surface area is 240 Å². The first-order chi connectivity index (χ1) is 20.1. The predicted octanol–water partition coefficient (Wildman–Crippen LogP) is 3.32. The number of benzene rings is 2. The number of rotatable bonds is 6. The van der Waals surface area contributed by atoms with Crippen molar-refractivity contribution < 1.29 is 9.90 Å². The molecule has 0 spiro atoms. The summed E-state index contributed by atoms with van der Waals surface area (Å²) in [6.45, 7) is 7.73. The number of carbonyl (C=O) groups is 1. The minimum Gasteiger partial charge on any atom is -0.394 e. The molecule has 1 N–H and O–H groups in total. The molecular formula is C32H35N7O2. The highest BCUT2D eigenvalue weighted by Crippen LogP contribution is 2.44. The number of nitriles is 1. The fraction of sp³-hybridized carbons (Fsp3) is 0.438. The summed E-state index contributed by atoms with van der Waals surface area (Å²) in [5, 5.41) is 22.3. The number of fused-ring (bicyclic) bond motifs is 1. The molecule has 0 saturated carbocycles. The van der Waals surface area contributed by atoms with Crippen LogP contribution in [0.5, 0.6) is 0 Å². The molecule has 0 radical (unpaired) electrons. The molecule has 2 saturated heterocycles. The SMILES string of the molecule is C=CC(=O)N1CCN(c2nc(N3CCC[C@H]3CO)nc3c2CN(C2Cc4cccc5cccc2c45)C3)C[C@@H]1CC#N. The number of piperazine rings is 1. The molecule has 1 aliphatic carbocycles. The Morgan fingerprint density at radius 2 is 1.98 bits per heavy atom. The van der Waals surface area contributed by atoms with Crippen molar-refractivity contribution in [2.24, 2.45) is 0 Å². The standard InChI is InChI=1S/C32H35N7O2/c1-2-29(41)38-15-14-36(17-23(38)11-12-33)31-26-18-37(19-27(26)34-32(35-31)39-13-5-9-24(39)20-40)28-16-22-8-3-6-21-7-4-10-25(28)30(21)22/h2-4,6-8,10,23-24,28,40H,1,5,9,11,13-20H2/t23-,24-,28?/m0/s1. The van der Waals surface area contributed by atoms with Gasteiger partial charge in [0, 0.05) is 50.9 Å². The normalized spacial score (nSPS) is 23.7. The highest BCUT2D eigenvalue weighted by Gasteiger charge is 2.39. The number of hydrogen-bond donors (Lipinski definition) is 1. The van der Waals surface area contributed by atoms with Gasteiger partial charge in [0.2, 0.25) is 11.9 Å². The van der Waals surface area contributed by atoms with Gasteiger partial charge in [-0.3, -0.25) is 9.69 Å². The lowest BCUT2D eigenvalue weighted by atomic mass is 10.0. The van der Waals surface area contributed by atoms with Crippen LogP contribution in [0.2, 0.25) is 0 Å². The van der Waals surface area contributed by atoms with E-state index in [0.717, 1.165) is 56.0 Å². The Bertz CT molecular complexity index is 1560. The first-order valence-electron chi connectivity index (χ1n) is 14.7. The van der Waals surface area contributed by atoms with E-state index in [9.17, 15) is 15.2 Å². The van der Waals surface area contributed by atoms with Crippen LogP contribution < -0.4 is 9.80 Å². The lowest BCUT2D eigenvalue weighted by Gasteiger charge is -2.41. The van der Waals surface area contributed by atoms with Crippen LogP contribution in [0.1, 0.15) is 47.7 Å². The molecule has 1 amide bonds. The van der Waals surface area contributed by atoms with Gasteiger partial charge >= 0.3 is 0 Å². The molecule has 2 fully saturated rings. The molecule has 210 valence electrons. The average Bonchev–Trinajstić information content (AvgIpc) is 3.74. The van der Waals surface area contributed by atoms with Crippen LogP contribution in [0.3, 0.4) is 0 Å². The van der Waals surface area contributed by atoms with Crippen molar-refractivity contribution in [3.8, 4) is 6.07 Å². The number of anilines is 2. The van der Waals surface area contributed by atoms with E-state index < -0.39 is 0 Å². The summed E-state index contributed by atoms with van der Waals surface area (Å²) in [7, 11) is 0. The minimum atomic E-state index is -0.232. The lowest BCUT2D eigenvalue weighted by molar-refractivity contribution is -0.128. The molecule has 2 aromatic carbocycles. The van der Waals surface area contributed by atoms with E-state index >= 15 is 0 Å².